The van der Waals surface area contributed by atoms with Crippen LogP contribution in [0, 0.1) is 17.8 Å². The average molecular weight is 222 g/mol. The Morgan fingerprint density at radius 2 is 1.62 bits per heavy atom. The van der Waals surface area contributed by atoms with Gasteiger partial charge in [0.25, 0.3) is 0 Å². The van der Waals surface area contributed by atoms with Crippen molar-refractivity contribution in [2.45, 2.75) is 60.3 Å². The fourth-order valence-corrected chi connectivity index (χ4v) is 1.43. The zero-order valence-corrected chi connectivity index (χ0v) is 11.9. The predicted octanol–water partition coefficient (Wildman–Crippen LogP) is 5.61. The van der Waals surface area contributed by atoms with E-state index in [-0.39, 0.29) is 0 Å². The van der Waals surface area contributed by atoms with E-state index in [0.717, 1.165) is 24.2 Å². The molecule has 16 heavy (non-hydrogen) atoms. The summed E-state index contributed by atoms with van der Waals surface area (Å²) >= 11 is 0. The lowest BCUT2D eigenvalue weighted by Gasteiger charge is -2.13. The molecule has 0 radical (unpaired) electrons. The molecule has 0 bridgehead atoms. The Labute approximate surface area is 103 Å². The predicted molar refractivity (Wildman–Crippen MR) is 75.6 cm³/mol. The van der Waals surface area contributed by atoms with Gasteiger partial charge >= 0.3 is 0 Å². The molecule has 0 aliphatic rings. The first kappa shape index (κ1) is 15.5. The van der Waals surface area contributed by atoms with Gasteiger partial charge in [-0.3, -0.25) is 0 Å². The summed E-state index contributed by atoms with van der Waals surface area (Å²) in [7, 11) is 0. The molecule has 0 saturated carbocycles. The lowest BCUT2D eigenvalue weighted by molar-refractivity contribution is 0.395. The molecule has 0 aliphatic heterocycles. The summed E-state index contributed by atoms with van der Waals surface area (Å²) in [6, 6.07) is 0. The van der Waals surface area contributed by atoms with Gasteiger partial charge in [-0.15, -0.1) is 0 Å². The second-order valence-electron chi connectivity index (χ2n) is 5.32. The normalized spacial score (nSPS) is 16.4. The second-order valence-corrected chi connectivity index (χ2v) is 5.32. The highest BCUT2D eigenvalue weighted by Gasteiger charge is 2.04. The minimum absolute atomic E-state index is 0.731. The second kappa shape index (κ2) is 9.69. The van der Waals surface area contributed by atoms with Gasteiger partial charge in [0.1, 0.15) is 0 Å². The molecular weight excluding hydrogens is 192 g/mol. The largest absolute Gasteiger partial charge is 0.0882 e. The quantitative estimate of drug-likeness (QED) is 0.468. The van der Waals surface area contributed by atoms with E-state index in [0.29, 0.717) is 0 Å². The fraction of sp³-hybridized carbons (Fsp3) is 0.750. The van der Waals surface area contributed by atoms with Crippen molar-refractivity contribution in [2.75, 3.05) is 0 Å². The van der Waals surface area contributed by atoms with E-state index in [2.05, 4.69) is 58.9 Å². The van der Waals surface area contributed by atoms with Crippen LogP contribution in [0.4, 0.5) is 0 Å². The van der Waals surface area contributed by atoms with Crippen LogP contribution in [-0.4, -0.2) is 0 Å². The van der Waals surface area contributed by atoms with E-state index in [1.54, 1.807) is 0 Å². The summed E-state index contributed by atoms with van der Waals surface area (Å²) < 4.78 is 0. The van der Waals surface area contributed by atoms with Crippen molar-refractivity contribution < 1.29 is 0 Å². The number of hydrogen-bond donors (Lipinski definition) is 0. The molecule has 0 nitrogen and oxygen atoms in total. The fourth-order valence-electron chi connectivity index (χ4n) is 1.43. The summed E-state index contributed by atoms with van der Waals surface area (Å²) in [5.74, 6) is 2.40. The van der Waals surface area contributed by atoms with Crippen molar-refractivity contribution in [1.82, 2.24) is 0 Å². The highest BCUT2D eigenvalue weighted by Crippen LogP contribution is 2.16. The minimum Gasteiger partial charge on any atom is -0.0882 e. The maximum atomic E-state index is 2.35. The molecule has 94 valence electrons. The molecule has 0 aliphatic carbocycles. The molecule has 0 fully saturated rings. The highest BCUT2D eigenvalue weighted by molar-refractivity contribution is 4.94. The van der Waals surface area contributed by atoms with Crippen LogP contribution >= 0.6 is 0 Å². The van der Waals surface area contributed by atoms with Crippen molar-refractivity contribution in [2.24, 2.45) is 17.8 Å². The number of rotatable bonds is 8. The smallest absolute Gasteiger partial charge is 0.0169 e. The van der Waals surface area contributed by atoms with Crippen molar-refractivity contribution in [3.8, 4) is 0 Å². The van der Waals surface area contributed by atoms with E-state index >= 15 is 0 Å². The molecule has 0 rings (SSSR count). The Kier molecular flexibility index (Phi) is 9.37. The first-order valence-electron chi connectivity index (χ1n) is 6.89. The lowest BCUT2D eigenvalue weighted by atomic mass is 9.93. The molecule has 2 unspecified atom stereocenters. The van der Waals surface area contributed by atoms with E-state index in [1.807, 2.05) is 0 Å². The number of allylic oxidation sites excluding steroid dienone is 4. The van der Waals surface area contributed by atoms with Crippen molar-refractivity contribution in [3.63, 3.8) is 0 Å². The standard InChI is InChI=1S/C16H30/c1-6-15(4)12-10-8-7-9-11-13-16(5)14(2)3/h7,9-10,12,14-16H,6,8,11,13H2,1-5H3/b9-7+,12-10+. The van der Waals surface area contributed by atoms with Crippen molar-refractivity contribution >= 4 is 0 Å². The molecule has 0 aromatic heterocycles. The average Bonchev–Trinajstić information content (AvgIpc) is 2.26. The lowest BCUT2D eigenvalue weighted by Crippen LogP contribution is -2.02. The maximum absolute atomic E-state index is 2.35. The van der Waals surface area contributed by atoms with Crippen molar-refractivity contribution in [1.29, 1.82) is 0 Å². The first-order valence-corrected chi connectivity index (χ1v) is 6.89. The zero-order chi connectivity index (χ0) is 12.4. The summed E-state index contributed by atoms with van der Waals surface area (Å²) in [5.41, 5.74) is 0. The van der Waals surface area contributed by atoms with Crippen LogP contribution in [0.25, 0.3) is 0 Å². The van der Waals surface area contributed by atoms with Gasteiger partial charge in [0.05, 0.1) is 0 Å². The summed E-state index contributed by atoms with van der Waals surface area (Å²) in [6.07, 6.45) is 14.1. The Hall–Kier alpha value is -0.520. The van der Waals surface area contributed by atoms with Gasteiger partial charge in [-0.2, -0.15) is 0 Å². The van der Waals surface area contributed by atoms with Gasteiger partial charge in [0.15, 0.2) is 0 Å². The van der Waals surface area contributed by atoms with Gasteiger partial charge in [0, 0.05) is 0 Å². The van der Waals surface area contributed by atoms with Gasteiger partial charge in [-0.25, -0.2) is 0 Å². The zero-order valence-electron chi connectivity index (χ0n) is 11.9. The van der Waals surface area contributed by atoms with E-state index < -0.39 is 0 Å². The summed E-state index contributed by atoms with van der Waals surface area (Å²) in [6.45, 7) is 11.5. The van der Waals surface area contributed by atoms with Crippen LogP contribution < -0.4 is 0 Å². The van der Waals surface area contributed by atoms with E-state index in [9.17, 15) is 0 Å². The van der Waals surface area contributed by atoms with Crippen LogP contribution in [0.5, 0.6) is 0 Å². The molecule has 0 N–H and O–H groups in total. The molecule has 0 heterocycles. The third-order valence-electron chi connectivity index (χ3n) is 3.47. The monoisotopic (exact) mass is 222 g/mol. The Bertz CT molecular complexity index is 198. The third kappa shape index (κ3) is 8.76. The van der Waals surface area contributed by atoms with Gasteiger partial charge < -0.3 is 0 Å². The highest BCUT2D eigenvalue weighted by atomic mass is 14.1. The van der Waals surface area contributed by atoms with Gasteiger partial charge in [0.2, 0.25) is 0 Å². The first-order chi connectivity index (χ1) is 7.57. The van der Waals surface area contributed by atoms with Crippen LogP contribution in [0.3, 0.4) is 0 Å². The third-order valence-corrected chi connectivity index (χ3v) is 3.47. The van der Waals surface area contributed by atoms with Crippen LogP contribution in [-0.2, 0) is 0 Å². The molecule has 0 aromatic carbocycles. The number of hydrogen-bond acceptors (Lipinski definition) is 0. The van der Waals surface area contributed by atoms with E-state index in [1.165, 1.54) is 19.3 Å². The SMILES string of the molecule is CCC(C)/C=C/C/C=C/CCC(C)C(C)C. The molecule has 0 aromatic rings. The Morgan fingerprint density at radius 1 is 0.938 bits per heavy atom. The molecule has 0 spiro atoms. The topological polar surface area (TPSA) is 0 Å². The minimum atomic E-state index is 0.731. The van der Waals surface area contributed by atoms with Crippen LogP contribution in [0.15, 0.2) is 24.3 Å². The maximum Gasteiger partial charge on any atom is -0.0169 e. The Morgan fingerprint density at radius 3 is 2.19 bits per heavy atom. The van der Waals surface area contributed by atoms with E-state index in [4.69, 9.17) is 0 Å². The van der Waals surface area contributed by atoms with Crippen LogP contribution in [0.2, 0.25) is 0 Å². The van der Waals surface area contributed by atoms with Gasteiger partial charge in [-0.1, -0.05) is 65.3 Å². The summed E-state index contributed by atoms with van der Waals surface area (Å²) in [4.78, 5) is 0. The molecular formula is C16H30. The van der Waals surface area contributed by atoms with Crippen molar-refractivity contribution in [3.05, 3.63) is 24.3 Å². The Balaban J connectivity index is 3.52. The van der Waals surface area contributed by atoms with Crippen LogP contribution in [0.1, 0.15) is 60.3 Å². The molecule has 0 saturated heterocycles. The molecule has 2 atom stereocenters. The molecule has 0 heteroatoms. The van der Waals surface area contributed by atoms with Gasteiger partial charge in [-0.05, 0) is 37.0 Å². The molecule has 0 amide bonds. The summed E-state index contributed by atoms with van der Waals surface area (Å²) in [5, 5.41) is 0.